The maximum Gasteiger partial charge on any atom is 0.253 e. The molecule has 6 N–H and O–H groups in total. The third-order valence-corrected chi connectivity index (χ3v) is 4.18. The smallest absolute Gasteiger partial charge is 0.253 e. The molecule has 1 aliphatic rings. The largest absolute Gasteiger partial charge is 0.345 e. The van der Waals surface area contributed by atoms with Gasteiger partial charge in [-0.05, 0) is 32.2 Å². The molecule has 9 nitrogen and oxygen atoms in total. The van der Waals surface area contributed by atoms with Crippen LogP contribution in [-0.2, 0) is 19.2 Å². The van der Waals surface area contributed by atoms with Crippen LogP contribution in [0.4, 0.5) is 0 Å². The zero-order chi connectivity index (χ0) is 19.5. The van der Waals surface area contributed by atoms with E-state index in [-0.39, 0.29) is 24.1 Å². The zero-order valence-electron chi connectivity index (χ0n) is 14.6. The summed E-state index contributed by atoms with van der Waals surface area (Å²) in [7, 11) is 0. The quantitative estimate of drug-likeness (QED) is 0.118. The van der Waals surface area contributed by atoms with Crippen molar-refractivity contribution in [3.63, 3.8) is 0 Å². The average Bonchev–Trinajstić information content (AvgIpc) is 2.88. The van der Waals surface area contributed by atoms with E-state index in [1.54, 1.807) is 0 Å². The maximum absolute atomic E-state index is 11.9. The van der Waals surface area contributed by atoms with Crippen LogP contribution in [0, 0.1) is 0 Å². The molecule has 0 aromatic rings. The molecular formula is C16H27N5O4S. The molecule has 1 heterocycles. The average molecular weight is 385 g/mol. The summed E-state index contributed by atoms with van der Waals surface area (Å²) < 4.78 is 0. The number of rotatable bonds is 13. The summed E-state index contributed by atoms with van der Waals surface area (Å²) in [6, 6.07) is -0.646. The lowest BCUT2D eigenvalue weighted by molar-refractivity contribution is -0.137. The molecule has 26 heavy (non-hydrogen) atoms. The van der Waals surface area contributed by atoms with Crippen molar-refractivity contribution in [1.82, 2.24) is 15.5 Å². The summed E-state index contributed by atoms with van der Waals surface area (Å²) >= 11 is 3.80. The van der Waals surface area contributed by atoms with Gasteiger partial charge < -0.3 is 16.8 Å². The number of hydrogen-bond acceptors (Lipinski definition) is 7. The van der Waals surface area contributed by atoms with E-state index >= 15 is 0 Å². The van der Waals surface area contributed by atoms with Crippen LogP contribution in [0.2, 0.25) is 0 Å². The normalized spacial score (nSPS) is 15.0. The first-order valence-electron chi connectivity index (χ1n) is 8.61. The van der Waals surface area contributed by atoms with Gasteiger partial charge in [-0.15, -0.1) is 12.6 Å². The molecule has 1 rings (SSSR count). The number of hydrogen-bond donors (Lipinski definition) is 5. The Labute approximate surface area is 158 Å². The van der Waals surface area contributed by atoms with Crippen molar-refractivity contribution < 1.29 is 19.2 Å². The number of nitrogens with zero attached hydrogens (tertiary/aromatic N) is 1. The van der Waals surface area contributed by atoms with Gasteiger partial charge in [0.2, 0.25) is 11.0 Å². The molecule has 0 aromatic heterocycles. The molecule has 0 fully saturated rings. The minimum absolute atomic E-state index is 0.226. The topological polar surface area (TPSA) is 148 Å². The number of imide groups is 1. The number of nitrogens with two attached hydrogens (primary N) is 2. The Kier molecular flexibility index (Phi) is 10.1. The highest BCUT2D eigenvalue weighted by atomic mass is 32.1. The second-order valence-electron chi connectivity index (χ2n) is 6.05. The molecule has 146 valence electrons. The summed E-state index contributed by atoms with van der Waals surface area (Å²) in [4.78, 5) is 47.4. The summed E-state index contributed by atoms with van der Waals surface area (Å²) in [5.74, 6) is -0.822. The van der Waals surface area contributed by atoms with Gasteiger partial charge in [0.1, 0.15) is 6.29 Å². The van der Waals surface area contributed by atoms with E-state index in [1.165, 1.54) is 17.1 Å². The lowest BCUT2D eigenvalue weighted by Crippen LogP contribution is -2.46. The number of thiol groups is 1. The third-order valence-electron chi connectivity index (χ3n) is 3.87. The Morgan fingerprint density at radius 3 is 2.31 bits per heavy atom. The molecule has 10 heteroatoms. The Morgan fingerprint density at radius 2 is 1.73 bits per heavy atom. The van der Waals surface area contributed by atoms with Crippen LogP contribution in [0.1, 0.15) is 38.5 Å². The van der Waals surface area contributed by atoms with Gasteiger partial charge in [-0.3, -0.25) is 29.4 Å². The van der Waals surface area contributed by atoms with E-state index in [0.29, 0.717) is 45.2 Å². The van der Waals surface area contributed by atoms with Crippen molar-refractivity contribution in [3.8, 4) is 0 Å². The highest BCUT2D eigenvalue weighted by Gasteiger charge is 2.22. The van der Waals surface area contributed by atoms with E-state index < -0.39 is 17.4 Å². The molecule has 0 aliphatic carbocycles. The molecule has 0 saturated heterocycles. The molecule has 0 unspecified atom stereocenters. The number of amides is 3. The van der Waals surface area contributed by atoms with Crippen molar-refractivity contribution in [3.05, 3.63) is 12.2 Å². The molecule has 0 aromatic carbocycles. The standard InChI is InChI=1S/C16H27N5O4S/c17-16(18)19-9-4-5-11(15(25)26)20-12(22)6-2-1-3-10-21-13(23)7-8-14(21)24/h7-8,11,16,19H,1-6,9-10,17-18H2,(H,20,22)(H,25,26)/t11-/m0/s1. The molecule has 1 atom stereocenters. The van der Waals surface area contributed by atoms with E-state index in [9.17, 15) is 19.2 Å². The predicted molar refractivity (Wildman–Crippen MR) is 99.7 cm³/mol. The van der Waals surface area contributed by atoms with E-state index in [4.69, 9.17) is 11.5 Å². The molecule has 0 bridgehead atoms. The Bertz CT molecular complexity index is 535. The summed E-state index contributed by atoms with van der Waals surface area (Å²) in [5.41, 5.74) is 10.7. The second-order valence-corrected chi connectivity index (χ2v) is 6.49. The van der Waals surface area contributed by atoms with Gasteiger partial charge in [0.05, 0.1) is 6.04 Å². The fraction of sp³-hybridized carbons (Fsp3) is 0.625. The van der Waals surface area contributed by atoms with Crippen molar-refractivity contribution in [2.75, 3.05) is 13.1 Å². The molecule has 0 saturated carbocycles. The molecule has 1 aliphatic heterocycles. The molecular weight excluding hydrogens is 358 g/mol. The van der Waals surface area contributed by atoms with Crippen LogP contribution in [0.5, 0.6) is 0 Å². The maximum atomic E-state index is 11.9. The SMILES string of the molecule is NC(N)NCCC[C@H](NC(=O)CCCCCN1C(=O)C=CC1=O)C(=O)S. The van der Waals surface area contributed by atoms with Gasteiger partial charge >= 0.3 is 0 Å². The Hall–Kier alpha value is -1.75. The van der Waals surface area contributed by atoms with Crippen molar-refractivity contribution in [2.45, 2.75) is 50.9 Å². The summed E-state index contributed by atoms with van der Waals surface area (Å²) in [6.07, 6.45) is 5.15. The van der Waals surface area contributed by atoms with Gasteiger partial charge in [0.25, 0.3) is 11.8 Å². The predicted octanol–water partition coefficient (Wildman–Crippen LogP) is -1.02. The minimum Gasteiger partial charge on any atom is -0.345 e. The summed E-state index contributed by atoms with van der Waals surface area (Å²) in [6.45, 7) is 0.883. The number of nitrogens with one attached hydrogen (secondary N) is 2. The fourth-order valence-electron chi connectivity index (χ4n) is 2.48. The van der Waals surface area contributed by atoms with Crippen LogP contribution < -0.4 is 22.1 Å². The highest BCUT2D eigenvalue weighted by molar-refractivity contribution is 7.96. The summed E-state index contributed by atoms with van der Waals surface area (Å²) in [5, 5.41) is 5.09. The van der Waals surface area contributed by atoms with Crippen LogP contribution in [0.3, 0.4) is 0 Å². The number of carbonyl (C=O) groups is 4. The molecule has 3 amide bonds. The van der Waals surface area contributed by atoms with Crippen molar-refractivity contribution >= 4 is 35.5 Å². The Morgan fingerprint density at radius 1 is 1.08 bits per heavy atom. The lowest BCUT2D eigenvalue weighted by atomic mass is 10.1. The van der Waals surface area contributed by atoms with Crippen LogP contribution in [-0.4, -0.2) is 53.2 Å². The van der Waals surface area contributed by atoms with Crippen molar-refractivity contribution in [1.29, 1.82) is 0 Å². The van der Waals surface area contributed by atoms with Gasteiger partial charge in [-0.25, -0.2) is 0 Å². The highest BCUT2D eigenvalue weighted by Crippen LogP contribution is 2.08. The minimum atomic E-state index is -0.646. The van der Waals surface area contributed by atoms with Crippen molar-refractivity contribution in [2.24, 2.45) is 11.5 Å². The van der Waals surface area contributed by atoms with E-state index in [2.05, 4.69) is 23.3 Å². The van der Waals surface area contributed by atoms with Gasteiger partial charge in [0.15, 0.2) is 0 Å². The first-order valence-corrected chi connectivity index (χ1v) is 9.06. The molecule has 0 spiro atoms. The van der Waals surface area contributed by atoms with Gasteiger partial charge in [-0.2, -0.15) is 0 Å². The monoisotopic (exact) mass is 385 g/mol. The Balaban J connectivity index is 2.17. The van der Waals surface area contributed by atoms with Crippen LogP contribution >= 0.6 is 12.6 Å². The van der Waals surface area contributed by atoms with Gasteiger partial charge in [0, 0.05) is 25.1 Å². The number of carbonyl (C=O) groups excluding carboxylic acids is 4. The molecule has 0 radical (unpaired) electrons. The zero-order valence-corrected chi connectivity index (χ0v) is 15.5. The first-order chi connectivity index (χ1) is 12.3. The van der Waals surface area contributed by atoms with Crippen LogP contribution in [0.25, 0.3) is 0 Å². The fourth-order valence-corrected chi connectivity index (χ4v) is 2.68. The second kappa shape index (κ2) is 11.8. The van der Waals surface area contributed by atoms with Gasteiger partial charge in [-0.1, -0.05) is 6.42 Å². The van der Waals surface area contributed by atoms with Crippen LogP contribution in [0.15, 0.2) is 12.2 Å². The van der Waals surface area contributed by atoms with E-state index in [1.807, 2.05) is 0 Å². The first kappa shape index (κ1) is 22.3. The third kappa shape index (κ3) is 8.56. The number of unbranched alkanes of at least 4 members (excludes halogenated alkanes) is 2. The van der Waals surface area contributed by atoms with E-state index in [0.717, 1.165) is 0 Å². The lowest BCUT2D eigenvalue weighted by Gasteiger charge is -2.16.